The van der Waals surface area contributed by atoms with Crippen LogP contribution in [0.2, 0.25) is 0 Å². The number of phosphoric acid groups is 1. The molecular weight excluding hydrogens is 639 g/mol. The minimum atomic E-state index is -4.24. The lowest BCUT2D eigenvalue weighted by Gasteiger charge is -2.27. The fourth-order valence-electron chi connectivity index (χ4n) is 5.37. The second kappa shape index (κ2) is 18.2. The summed E-state index contributed by atoms with van der Waals surface area (Å²) in [5, 5.41) is 0. The average Bonchev–Trinajstić information content (AvgIpc) is 3.48. The Hall–Kier alpha value is -3.95. The third-order valence-corrected chi connectivity index (χ3v) is 9.29. The predicted molar refractivity (Wildman–Crippen MR) is 186 cm³/mol. The smallest absolute Gasteiger partial charge is 0.374 e. The molecule has 1 heterocycles. The Bertz CT molecular complexity index is 1650. The molecule has 4 atom stereocenters. The topological polar surface area (TPSA) is 81.7 Å². The molecule has 49 heavy (non-hydrogen) atoms. The van der Waals surface area contributed by atoms with Crippen LogP contribution in [0.5, 0.6) is 0 Å². The molecule has 0 amide bonds. The Balaban J connectivity index is 1.25. The van der Waals surface area contributed by atoms with E-state index in [4.69, 9.17) is 32.5 Å². The monoisotopic (exact) mass is 680 g/mol. The fraction of sp³-hybridized carbons (Fsp3) is 0.250. The van der Waals surface area contributed by atoms with E-state index in [-0.39, 0.29) is 26.4 Å². The highest BCUT2D eigenvalue weighted by Crippen LogP contribution is 2.54. The molecule has 0 bridgehead atoms. The molecule has 5 aromatic carbocycles. The molecule has 1 aliphatic rings. The molecule has 1 aliphatic heterocycles. The number of phosphoric ester groups is 1. The number of benzene rings is 5. The van der Waals surface area contributed by atoms with Crippen LogP contribution in [0.1, 0.15) is 27.8 Å². The van der Waals surface area contributed by atoms with Crippen molar-refractivity contribution in [3.8, 4) is 0 Å². The highest BCUT2D eigenvalue weighted by atomic mass is 31.2. The summed E-state index contributed by atoms with van der Waals surface area (Å²) in [6.45, 7) is 1.12. The molecule has 1 fully saturated rings. The van der Waals surface area contributed by atoms with Crippen molar-refractivity contribution in [3.05, 3.63) is 179 Å². The van der Waals surface area contributed by atoms with Crippen LogP contribution in [0.3, 0.4) is 0 Å². The van der Waals surface area contributed by atoms with Crippen molar-refractivity contribution in [1.82, 2.24) is 0 Å². The molecule has 9 heteroatoms. The predicted octanol–water partition coefficient (Wildman–Crippen LogP) is 8.66. The Morgan fingerprint density at radius 3 is 1.27 bits per heavy atom. The van der Waals surface area contributed by atoms with Crippen molar-refractivity contribution >= 4 is 7.82 Å². The summed E-state index contributed by atoms with van der Waals surface area (Å²) in [5.41, 5.74) is 4.60. The van der Waals surface area contributed by atoms with Crippen molar-refractivity contribution in [1.29, 1.82) is 0 Å². The largest absolute Gasteiger partial charge is 0.477 e. The Morgan fingerprint density at radius 2 is 0.837 bits per heavy atom. The minimum Gasteiger partial charge on any atom is -0.374 e. The van der Waals surface area contributed by atoms with Gasteiger partial charge in [0.1, 0.15) is 18.3 Å². The molecule has 0 unspecified atom stereocenters. The summed E-state index contributed by atoms with van der Waals surface area (Å²) in [6, 6.07) is 48.5. The first-order valence-electron chi connectivity index (χ1n) is 16.4. The highest BCUT2D eigenvalue weighted by molar-refractivity contribution is 7.48. The summed E-state index contributed by atoms with van der Waals surface area (Å²) in [5.74, 6) is 0. The van der Waals surface area contributed by atoms with Gasteiger partial charge in [0, 0.05) is 0 Å². The van der Waals surface area contributed by atoms with E-state index < -0.39 is 32.4 Å². The van der Waals surface area contributed by atoms with Gasteiger partial charge in [-0.3, -0.25) is 13.6 Å². The van der Waals surface area contributed by atoms with Gasteiger partial charge in [0.05, 0.1) is 39.6 Å². The zero-order chi connectivity index (χ0) is 33.6. The lowest BCUT2D eigenvalue weighted by Crippen LogP contribution is -2.39. The van der Waals surface area contributed by atoms with Gasteiger partial charge in [-0.1, -0.05) is 152 Å². The van der Waals surface area contributed by atoms with Gasteiger partial charge in [0.25, 0.3) is 0 Å². The highest BCUT2D eigenvalue weighted by Gasteiger charge is 2.50. The third-order valence-electron chi connectivity index (χ3n) is 7.93. The molecule has 0 N–H and O–H groups in total. The van der Waals surface area contributed by atoms with Crippen LogP contribution in [0.4, 0.5) is 0 Å². The van der Waals surface area contributed by atoms with Gasteiger partial charge in [-0.15, -0.1) is 0 Å². The molecule has 5 aromatic rings. The van der Waals surface area contributed by atoms with Crippen molar-refractivity contribution < 1.29 is 37.1 Å². The Labute approximate surface area is 288 Å². The zero-order valence-electron chi connectivity index (χ0n) is 27.2. The molecule has 0 aliphatic carbocycles. The van der Waals surface area contributed by atoms with E-state index in [0.29, 0.717) is 13.2 Å². The summed E-state index contributed by atoms with van der Waals surface area (Å²) in [6.07, 6.45) is -3.22. The van der Waals surface area contributed by atoms with Crippen molar-refractivity contribution in [2.45, 2.75) is 57.6 Å². The molecule has 0 saturated carbocycles. The molecule has 254 valence electrons. The van der Waals surface area contributed by atoms with E-state index in [0.717, 1.165) is 27.8 Å². The van der Waals surface area contributed by atoms with Crippen LogP contribution >= 0.6 is 7.82 Å². The molecular formula is C40H41O8P. The number of hydrogen-bond acceptors (Lipinski definition) is 8. The lowest BCUT2D eigenvalue weighted by atomic mass is 10.1. The first-order chi connectivity index (χ1) is 24.1. The molecule has 0 aromatic heterocycles. The summed E-state index contributed by atoms with van der Waals surface area (Å²) >= 11 is 0. The van der Waals surface area contributed by atoms with Gasteiger partial charge < -0.3 is 18.9 Å². The molecule has 0 radical (unpaired) electrons. The molecule has 1 saturated heterocycles. The molecule has 0 spiro atoms. The number of hydrogen-bond donors (Lipinski definition) is 0. The first-order valence-corrected chi connectivity index (χ1v) is 17.8. The van der Waals surface area contributed by atoms with Gasteiger partial charge in [0.2, 0.25) is 0 Å². The number of rotatable bonds is 18. The fourth-order valence-corrected chi connectivity index (χ4v) is 6.60. The van der Waals surface area contributed by atoms with Gasteiger partial charge in [-0.05, 0) is 27.8 Å². The summed E-state index contributed by atoms with van der Waals surface area (Å²) < 4.78 is 58.3. The van der Waals surface area contributed by atoms with E-state index in [1.54, 1.807) is 0 Å². The average molecular weight is 681 g/mol. The van der Waals surface area contributed by atoms with E-state index in [2.05, 4.69) is 0 Å². The molecule has 8 nitrogen and oxygen atoms in total. The van der Waals surface area contributed by atoms with Gasteiger partial charge in [0.15, 0.2) is 6.29 Å². The van der Waals surface area contributed by atoms with Crippen molar-refractivity contribution in [2.75, 3.05) is 6.61 Å². The second-order valence-electron chi connectivity index (χ2n) is 11.6. The normalized spacial score (nSPS) is 19.2. The van der Waals surface area contributed by atoms with Crippen molar-refractivity contribution in [3.63, 3.8) is 0 Å². The standard InChI is InChI=1S/C40H41O8P/c41-49(45-29-35-22-12-4-13-23-35,46-30-36-24-14-5-15-25-36)48-40-39(44-28-34-20-10-3-11-21-34)38(43-27-33-18-8-2-9-19-33)37(47-40)31-42-26-32-16-6-1-7-17-32/h1-25,37-40H,26-31H2/t37-,38-,39-,40-/m1/s1. The minimum absolute atomic E-state index is 0.00666. The van der Waals surface area contributed by atoms with Crippen molar-refractivity contribution in [2.24, 2.45) is 0 Å². The Morgan fingerprint density at radius 1 is 0.469 bits per heavy atom. The maximum absolute atomic E-state index is 14.5. The van der Waals surface area contributed by atoms with Crippen LogP contribution < -0.4 is 0 Å². The SMILES string of the molecule is O=P(OCc1ccccc1)(OCc1ccccc1)O[C@H]1O[C@H](COCc2ccccc2)[C@@H](OCc2ccccc2)[C@H]1OCc1ccccc1. The maximum Gasteiger partial charge on any atom is 0.477 e. The second-order valence-corrected chi connectivity index (χ2v) is 13.3. The quantitative estimate of drug-likeness (QED) is 0.0851. The van der Waals surface area contributed by atoms with Gasteiger partial charge in [-0.25, -0.2) is 4.57 Å². The van der Waals surface area contributed by atoms with E-state index in [9.17, 15) is 4.57 Å². The summed E-state index contributed by atoms with van der Waals surface area (Å²) in [4.78, 5) is 0. The van der Waals surface area contributed by atoms with Crippen LogP contribution in [-0.4, -0.2) is 31.2 Å². The maximum atomic E-state index is 14.5. The van der Waals surface area contributed by atoms with E-state index >= 15 is 0 Å². The van der Waals surface area contributed by atoms with Gasteiger partial charge in [-0.2, -0.15) is 0 Å². The van der Waals surface area contributed by atoms with Crippen LogP contribution in [0, 0.1) is 0 Å². The van der Waals surface area contributed by atoms with E-state index in [1.165, 1.54) is 0 Å². The van der Waals surface area contributed by atoms with E-state index in [1.807, 2.05) is 152 Å². The van der Waals surface area contributed by atoms with Crippen LogP contribution in [0.25, 0.3) is 0 Å². The first kappa shape index (κ1) is 34.9. The van der Waals surface area contributed by atoms with Crippen LogP contribution in [-0.2, 0) is 70.1 Å². The van der Waals surface area contributed by atoms with Gasteiger partial charge >= 0.3 is 7.82 Å². The molecule has 6 rings (SSSR count). The third kappa shape index (κ3) is 10.8. The lowest BCUT2D eigenvalue weighted by molar-refractivity contribution is -0.151. The zero-order valence-corrected chi connectivity index (χ0v) is 28.1. The van der Waals surface area contributed by atoms with Crippen LogP contribution in [0.15, 0.2) is 152 Å². The Kier molecular flexibility index (Phi) is 12.9. The summed E-state index contributed by atoms with van der Waals surface area (Å²) in [7, 11) is -4.24. The number of ether oxygens (including phenoxy) is 4.